The number of fused-ring (bicyclic) bond motifs is 6. The van der Waals surface area contributed by atoms with Crippen LogP contribution in [0.15, 0.2) is 109 Å². The third-order valence-electron chi connectivity index (χ3n) is 10.5. The first-order chi connectivity index (χ1) is 20.7. The summed E-state index contributed by atoms with van der Waals surface area (Å²) in [7, 11) is 0. The molecule has 0 saturated heterocycles. The molecule has 0 aromatic heterocycles. The van der Waals surface area contributed by atoms with E-state index in [4.69, 9.17) is 0 Å². The van der Waals surface area contributed by atoms with Crippen molar-refractivity contribution in [3.05, 3.63) is 120 Å². The van der Waals surface area contributed by atoms with Crippen LogP contribution in [-0.2, 0) is 0 Å². The van der Waals surface area contributed by atoms with Crippen molar-refractivity contribution in [1.29, 1.82) is 0 Å². The zero-order valence-corrected chi connectivity index (χ0v) is 23.4. The molecule has 0 fully saturated rings. The van der Waals surface area contributed by atoms with Crippen molar-refractivity contribution in [3.8, 4) is 0 Å². The Morgan fingerprint density at radius 1 is 0.262 bits per heavy atom. The van der Waals surface area contributed by atoms with Gasteiger partial charge in [-0.3, -0.25) is 0 Å². The molecule has 0 amide bonds. The van der Waals surface area contributed by atoms with Gasteiger partial charge >= 0.3 is 0 Å². The summed E-state index contributed by atoms with van der Waals surface area (Å²) in [6.45, 7) is 4.54. The van der Waals surface area contributed by atoms with Gasteiger partial charge in [0.2, 0.25) is 0 Å². The van der Waals surface area contributed by atoms with Crippen LogP contribution in [0.4, 0.5) is 0 Å². The summed E-state index contributed by atoms with van der Waals surface area (Å²) in [5.74, 6) is 0. The summed E-state index contributed by atoms with van der Waals surface area (Å²) in [5.41, 5.74) is 2.69. The van der Waals surface area contributed by atoms with Crippen LogP contribution >= 0.6 is 0 Å². The molecule has 0 aliphatic carbocycles. The first kappa shape index (κ1) is 21.5. The Kier molecular flexibility index (Phi) is 3.58. The minimum Gasteiger partial charge on any atom is -0.0610 e. The van der Waals surface area contributed by atoms with Crippen LogP contribution in [0.5, 0.6) is 0 Å². The van der Waals surface area contributed by atoms with Gasteiger partial charge in [0.05, 0.1) is 0 Å². The Labute approximate surface area is 241 Å². The van der Waals surface area contributed by atoms with E-state index in [9.17, 15) is 0 Å². The minimum atomic E-state index is 1.32. The number of rotatable bonds is 0. The van der Waals surface area contributed by atoms with E-state index in [1.54, 1.807) is 0 Å². The second kappa shape index (κ2) is 6.98. The van der Waals surface area contributed by atoms with E-state index >= 15 is 0 Å². The smallest absolute Gasteiger partial charge is 0.00112 e. The van der Waals surface area contributed by atoms with Crippen LogP contribution in [-0.4, -0.2) is 0 Å². The van der Waals surface area contributed by atoms with Gasteiger partial charge in [-0.2, -0.15) is 0 Å². The molecular weight excluding hydrogens is 504 g/mol. The van der Waals surface area contributed by atoms with Crippen molar-refractivity contribution in [2.75, 3.05) is 0 Å². The van der Waals surface area contributed by atoms with Crippen molar-refractivity contribution in [2.45, 2.75) is 13.8 Å². The molecule has 0 N–H and O–H groups in total. The van der Waals surface area contributed by atoms with Crippen LogP contribution < -0.4 is 0 Å². The quantitative estimate of drug-likeness (QED) is 0.136. The largest absolute Gasteiger partial charge is 0.0610 e. The maximum absolute atomic E-state index is 2.48. The Morgan fingerprint density at radius 2 is 0.690 bits per heavy atom. The zero-order chi connectivity index (χ0) is 27.4. The first-order valence-electron chi connectivity index (χ1n) is 15.0. The minimum absolute atomic E-state index is 1.32. The molecule has 0 aliphatic rings. The van der Waals surface area contributed by atoms with Gasteiger partial charge in [0.1, 0.15) is 0 Å². The van der Waals surface area contributed by atoms with Gasteiger partial charge in [0.25, 0.3) is 0 Å². The molecule has 0 aliphatic heterocycles. The van der Waals surface area contributed by atoms with Crippen LogP contribution in [0.1, 0.15) is 11.1 Å². The molecule has 11 aromatic carbocycles. The summed E-state index contributed by atoms with van der Waals surface area (Å²) < 4.78 is 0. The highest BCUT2D eigenvalue weighted by Gasteiger charge is 2.22. The third-order valence-corrected chi connectivity index (χ3v) is 10.5. The molecule has 0 atom stereocenters. The van der Waals surface area contributed by atoms with Crippen molar-refractivity contribution < 1.29 is 0 Å². The predicted octanol–water partition coefficient (Wildman–Crippen LogP) is 12.1. The molecule has 0 bridgehead atoms. The maximum Gasteiger partial charge on any atom is -0.00112 e. The number of hydrogen-bond acceptors (Lipinski definition) is 0. The molecule has 0 radical (unpaired) electrons. The molecule has 0 heterocycles. The molecule has 0 unspecified atom stereocenters. The molecule has 11 aromatic rings. The fourth-order valence-corrected chi connectivity index (χ4v) is 8.88. The lowest BCUT2D eigenvalue weighted by Gasteiger charge is -2.22. The Balaban J connectivity index is 1.45. The lowest BCUT2D eigenvalue weighted by molar-refractivity contribution is 1.55. The van der Waals surface area contributed by atoms with Gasteiger partial charge in [-0.1, -0.05) is 109 Å². The van der Waals surface area contributed by atoms with Gasteiger partial charge in [-0.15, -0.1) is 0 Å². The van der Waals surface area contributed by atoms with Gasteiger partial charge in [-0.25, -0.2) is 0 Å². The number of aryl methyl sites for hydroxylation is 2. The Morgan fingerprint density at radius 3 is 1.36 bits per heavy atom. The van der Waals surface area contributed by atoms with E-state index in [-0.39, 0.29) is 0 Å². The lowest BCUT2D eigenvalue weighted by atomic mass is 9.80. The monoisotopic (exact) mass is 528 g/mol. The summed E-state index contributed by atoms with van der Waals surface area (Å²) in [6.07, 6.45) is 0. The SMILES string of the molecule is Cc1ccc2c3ccc4c5ccc6c7cccc8cccc(c9c(C)cc(c%10ccc(c%11cccc1c2%11)c3c4%10)c5c69)c87. The van der Waals surface area contributed by atoms with Gasteiger partial charge in [0.15, 0.2) is 0 Å². The molecule has 0 nitrogen and oxygen atoms in total. The highest BCUT2D eigenvalue weighted by Crippen LogP contribution is 2.51. The second-order valence-electron chi connectivity index (χ2n) is 12.5. The van der Waals surface area contributed by atoms with Crippen molar-refractivity contribution in [3.63, 3.8) is 0 Å². The fraction of sp³-hybridized carbons (Fsp3) is 0.0476. The average molecular weight is 529 g/mol. The summed E-state index contributed by atoms with van der Waals surface area (Å²) in [6, 6.07) is 41.9. The van der Waals surface area contributed by atoms with Gasteiger partial charge < -0.3 is 0 Å². The van der Waals surface area contributed by atoms with E-state index in [1.807, 2.05) is 0 Å². The van der Waals surface area contributed by atoms with Crippen molar-refractivity contribution in [2.24, 2.45) is 0 Å². The number of benzene rings is 11. The molecule has 192 valence electrons. The fourth-order valence-electron chi connectivity index (χ4n) is 8.88. The van der Waals surface area contributed by atoms with E-state index < -0.39 is 0 Å². The molecular formula is C42H24. The second-order valence-corrected chi connectivity index (χ2v) is 12.5. The standard InChI is InChI=1S/C42H24/c1-21-12-13-27-29-14-15-30-31-16-18-32-25-9-3-6-23-7-4-11-34(37(23)25)36-22(2)20-35(41(31)42(32)36)33-19-17-28(39(29)40(30)33)26-10-5-8-24(21)38(26)27/h3-20H,1-2H3. The van der Waals surface area contributed by atoms with Crippen LogP contribution in [0.2, 0.25) is 0 Å². The van der Waals surface area contributed by atoms with Crippen LogP contribution in [0.25, 0.3) is 108 Å². The van der Waals surface area contributed by atoms with Crippen molar-refractivity contribution in [1.82, 2.24) is 0 Å². The van der Waals surface area contributed by atoms with E-state index in [0.717, 1.165) is 0 Å². The zero-order valence-electron chi connectivity index (χ0n) is 23.4. The normalized spacial score (nSPS) is 13.0. The van der Waals surface area contributed by atoms with Gasteiger partial charge in [-0.05, 0) is 133 Å². The summed E-state index contributed by atoms with van der Waals surface area (Å²) in [4.78, 5) is 0. The third kappa shape index (κ3) is 2.25. The number of hydrogen-bond donors (Lipinski definition) is 0. The van der Waals surface area contributed by atoms with Crippen LogP contribution in [0, 0.1) is 13.8 Å². The lowest BCUT2D eigenvalue weighted by Crippen LogP contribution is -1.94. The van der Waals surface area contributed by atoms with E-state index in [0.29, 0.717) is 0 Å². The summed E-state index contributed by atoms with van der Waals surface area (Å²) >= 11 is 0. The van der Waals surface area contributed by atoms with E-state index in [2.05, 4.69) is 123 Å². The maximum atomic E-state index is 2.48. The highest BCUT2D eigenvalue weighted by atomic mass is 14.2. The van der Waals surface area contributed by atoms with Gasteiger partial charge in [0, 0.05) is 0 Å². The Bertz CT molecular complexity index is 2930. The molecule has 0 spiro atoms. The van der Waals surface area contributed by atoms with Crippen LogP contribution in [0.3, 0.4) is 0 Å². The molecule has 0 heteroatoms. The first-order valence-corrected chi connectivity index (χ1v) is 15.0. The predicted molar refractivity (Wildman–Crippen MR) is 185 cm³/mol. The van der Waals surface area contributed by atoms with Crippen molar-refractivity contribution >= 4 is 108 Å². The molecule has 42 heavy (non-hydrogen) atoms. The highest BCUT2D eigenvalue weighted by molar-refractivity contribution is 6.46. The molecule has 11 rings (SSSR count). The molecule has 0 saturated carbocycles. The Hall–Kier alpha value is -5.20. The topological polar surface area (TPSA) is 0 Å². The average Bonchev–Trinajstić information content (AvgIpc) is 3.03. The summed E-state index contributed by atoms with van der Waals surface area (Å²) in [5, 5.41) is 27.5. The van der Waals surface area contributed by atoms with E-state index in [1.165, 1.54) is 119 Å².